The Morgan fingerprint density at radius 2 is 2.11 bits per heavy atom. The second kappa shape index (κ2) is 10.4. The molecule has 188 valence electrons. The molecule has 0 radical (unpaired) electrons. The number of hydrogen-bond acceptors (Lipinski definition) is 8. The van der Waals surface area contributed by atoms with Gasteiger partial charge in [-0.15, -0.1) is 0 Å². The molecule has 4 rings (SSSR count). The van der Waals surface area contributed by atoms with Crippen molar-refractivity contribution in [3.05, 3.63) is 51.3 Å². The molecule has 4 N–H and O–H groups in total. The van der Waals surface area contributed by atoms with Crippen molar-refractivity contribution in [2.24, 2.45) is 18.7 Å². The maximum atomic E-state index is 12.6. The normalized spacial score (nSPS) is 17.5. The highest BCUT2D eigenvalue weighted by Gasteiger charge is 2.26. The zero-order valence-corrected chi connectivity index (χ0v) is 21.1. The zero-order chi connectivity index (χ0) is 26.0. The fourth-order valence-electron chi connectivity index (χ4n) is 4.45. The minimum absolute atomic E-state index is 0.00105. The Kier molecular flexibility index (Phi) is 7.33. The summed E-state index contributed by atoms with van der Waals surface area (Å²) < 4.78 is 6.90. The van der Waals surface area contributed by atoms with Gasteiger partial charge in [0.2, 0.25) is 0 Å². The fourth-order valence-corrected chi connectivity index (χ4v) is 4.65. The van der Waals surface area contributed by atoms with Gasteiger partial charge in [0, 0.05) is 44.3 Å². The lowest BCUT2D eigenvalue weighted by Crippen LogP contribution is -2.47. The minimum atomic E-state index is -0.345. The lowest BCUT2D eigenvalue weighted by molar-refractivity contribution is -0.122. The van der Waals surface area contributed by atoms with E-state index in [1.807, 2.05) is 17.0 Å². The van der Waals surface area contributed by atoms with Crippen molar-refractivity contribution in [1.82, 2.24) is 14.9 Å². The first kappa shape index (κ1) is 25.3. The smallest absolute Gasteiger partial charge is 0.293 e. The van der Waals surface area contributed by atoms with Crippen molar-refractivity contribution in [1.29, 1.82) is 5.26 Å². The molecule has 0 saturated carbocycles. The number of aromatic nitrogens is 2. The van der Waals surface area contributed by atoms with Crippen LogP contribution in [0.1, 0.15) is 18.9 Å². The molecule has 1 saturated heterocycles. The van der Waals surface area contributed by atoms with E-state index in [1.165, 1.54) is 11.6 Å². The number of carbonyl (C=O) groups excluding carboxylic acids is 1. The van der Waals surface area contributed by atoms with Gasteiger partial charge in [-0.25, -0.2) is 4.98 Å². The van der Waals surface area contributed by atoms with E-state index in [4.69, 9.17) is 27.1 Å². The summed E-state index contributed by atoms with van der Waals surface area (Å²) >= 11 is 6.48. The summed E-state index contributed by atoms with van der Waals surface area (Å²) in [4.78, 5) is 30.9. The maximum absolute atomic E-state index is 12.6. The lowest BCUT2D eigenvalue weighted by Gasteiger charge is -2.36. The summed E-state index contributed by atoms with van der Waals surface area (Å²) in [5.74, 6) is 1.05. The Labute approximate surface area is 213 Å². The number of carbonyl (C=O) groups is 1. The standard InChI is InChI=1S/C25H28ClN7O3/c1-14-6-17(28)12-33(11-14)24-16(10-27)8-19(26)23(31-24)30-18-4-5-20-15(7-18)9-21(25(35)32(20)3)36-13-22(34)29-2/h4-5,7-9,14,17H,6,11-13,28H2,1-3H3,(H,29,34)(H,30,31)/t14-,17+/m0/s1. The Bertz CT molecular complexity index is 1410. The molecule has 3 aromatic rings. The van der Waals surface area contributed by atoms with Gasteiger partial charge in [0.05, 0.1) is 16.1 Å². The van der Waals surface area contributed by atoms with E-state index in [0.717, 1.165) is 18.4 Å². The van der Waals surface area contributed by atoms with E-state index < -0.39 is 0 Å². The second-order valence-electron chi connectivity index (χ2n) is 9.04. The van der Waals surface area contributed by atoms with Crippen molar-refractivity contribution < 1.29 is 9.53 Å². The molecule has 11 heteroatoms. The van der Waals surface area contributed by atoms with Gasteiger partial charge in [0.15, 0.2) is 18.2 Å². The van der Waals surface area contributed by atoms with Gasteiger partial charge in [-0.3, -0.25) is 9.59 Å². The van der Waals surface area contributed by atoms with Crippen LogP contribution in [0.5, 0.6) is 5.75 Å². The summed E-state index contributed by atoms with van der Waals surface area (Å²) in [5.41, 5.74) is 7.62. The van der Waals surface area contributed by atoms with Crippen LogP contribution < -0.4 is 31.6 Å². The number of halogens is 1. The number of nitriles is 1. The minimum Gasteiger partial charge on any atom is -0.478 e. The van der Waals surface area contributed by atoms with Gasteiger partial charge in [0.1, 0.15) is 11.9 Å². The van der Waals surface area contributed by atoms with Gasteiger partial charge in [-0.2, -0.15) is 5.26 Å². The summed E-state index contributed by atoms with van der Waals surface area (Å²) in [6, 6.07) is 10.8. The number of nitrogens with zero attached hydrogens (tertiary/aromatic N) is 4. The monoisotopic (exact) mass is 509 g/mol. The third-order valence-corrected chi connectivity index (χ3v) is 6.45. The van der Waals surface area contributed by atoms with Crippen LogP contribution in [0.2, 0.25) is 5.02 Å². The van der Waals surface area contributed by atoms with E-state index >= 15 is 0 Å². The molecule has 0 unspecified atom stereocenters. The number of piperidine rings is 1. The first-order valence-corrected chi connectivity index (χ1v) is 11.9. The highest BCUT2D eigenvalue weighted by Crippen LogP contribution is 2.32. The van der Waals surface area contributed by atoms with Crippen LogP contribution in [0.25, 0.3) is 10.9 Å². The highest BCUT2D eigenvalue weighted by atomic mass is 35.5. The summed E-state index contributed by atoms with van der Waals surface area (Å²) in [5, 5.41) is 16.4. The highest BCUT2D eigenvalue weighted by molar-refractivity contribution is 6.33. The van der Waals surface area contributed by atoms with Crippen LogP contribution in [0.15, 0.2) is 35.1 Å². The van der Waals surface area contributed by atoms with E-state index in [9.17, 15) is 14.9 Å². The second-order valence-corrected chi connectivity index (χ2v) is 9.45. The summed E-state index contributed by atoms with van der Waals surface area (Å²) in [6.07, 6.45) is 0.922. The number of rotatable bonds is 6. The summed E-state index contributed by atoms with van der Waals surface area (Å²) in [6.45, 7) is 3.22. The molecule has 0 bridgehead atoms. The molecule has 2 aromatic heterocycles. The number of nitrogens with two attached hydrogens (primary N) is 1. The average molecular weight is 510 g/mol. The number of ether oxygens (including phenoxy) is 1. The number of nitrogens with one attached hydrogen (secondary N) is 2. The van der Waals surface area contributed by atoms with E-state index in [-0.39, 0.29) is 29.9 Å². The molecule has 1 amide bonds. The van der Waals surface area contributed by atoms with E-state index in [0.29, 0.717) is 45.9 Å². The zero-order valence-electron chi connectivity index (χ0n) is 20.3. The molecule has 10 nitrogen and oxygen atoms in total. The van der Waals surface area contributed by atoms with Crippen LogP contribution in [0, 0.1) is 17.2 Å². The van der Waals surface area contributed by atoms with Crippen LogP contribution in [-0.4, -0.2) is 48.2 Å². The molecule has 1 fully saturated rings. The Hall–Kier alpha value is -3.81. The van der Waals surface area contributed by atoms with Gasteiger partial charge < -0.3 is 30.6 Å². The number of anilines is 3. The van der Waals surface area contributed by atoms with E-state index in [2.05, 4.69) is 23.6 Å². The first-order chi connectivity index (χ1) is 17.2. The quantitative estimate of drug-likeness (QED) is 0.460. The molecule has 0 spiro atoms. The third-order valence-electron chi connectivity index (χ3n) is 6.16. The number of pyridine rings is 2. The Morgan fingerprint density at radius 1 is 1.33 bits per heavy atom. The fraction of sp³-hybridized carbons (Fsp3) is 0.360. The molecule has 2 atom stereocenters. The number of hydrogen-bond donors (Lipinski definition) is 3. The molecule has 0 aliphatic carbocycles. The Morgan fingerprint density at radius 3 is 2.81 bits per heavy atom. The molecule has 3 heterocycles. The molecular weight excluding hydrogens is 482 g/mol. The number of fused-ring (bicyclic) bond motifs is 1. The molecule has 1 aliphatic rings. The molecular formula is C25H28ClN7O3. The topological polar surface area (TPSA) is 138 Å². The van der Waals surface area contributed by atoms with Gasteiger partial charge in [-0.1, -0.05) is 18.5 Å². The van der Waals surface area contributed by atoms with Crippen molar-refractivity contribution in [2.45, 2.75) is 19.4 Å². The van der Waals surface area contributed by atoms with E-state index in [1.54, 1.807) is 25.2 Å². The van der Waals surface area contributed by atoms with Crippen molar-refractivity contribution in [2.75, 3.05) is 37.0 Å². The molecule has 1 aromatic carbocycles. The van der Waals surface area contributed by atoms with Crippen LogP contribution in [-0.2, 0) is 11.8 Å². The number of benzene rings is 1. The number of aryl methyl sites for hydroxylation is 1. The number of likely N-dealkylation sites (N-methyl/N-ethyl adjacent to an activating group) is 1. The van der Waals surface area contributed by atoms with Gasteiger partial charge >= 0.3 is 0 Å². The van der Waals surface area contributed by atoms with Crippen molar-refractivity contribution >= 4 is 45.7 Å². The SMILES string of the molecule is CNC(=O)COc1cc2cc(Nc3nc(N4C[C@@H](C)C[C@@H](N)C4)c(C#N)cc3Cl)ccc2n(C)c1=O. The van der Waals surface area contributed by atoms with Crippen LogP contribution in [0.3, 0.4) is 0 Å². The van der Waals surface area contributed by atoms with Crippen molar-refractivity contribution in [3.8, 4) is 11.8 Å². The van der Waals surface area contributed by atoms with Gasteiger partial charge in [0.25, 0.3) is 11.5 Å². The average Bonchev–Trinajstić information content (AvgIpc) is 2.85. The first-order valence-electron chi connectivity index (χ1n) is 11.6. The maximum Gasteiger partial charge on any atom is 0.293 e. The van der Waals surface area contributed by atoms with Crippen LogP contribution in [0.4, 0.5) is 17.3 Å². The van der Waals surface area contributed by atoms with Crippen molar-refractivity contribution in [3.63, 3.8) is 0 Å². The third kappa shape index (κ3) is 5.22. The largest absolute Gasteiger partial charge is 0.478 e. The van der Waals surface area contributed by atoms with Crippen LogP contribution >= 0.6 is 11.6 Å². The predicted molar refractivity (Wildman–Crippen MR) is 140 cm³/mol. The summed E-state index contributed by atoms with van der Waals surface area (Å²) in [7, 11) is 3.14. The van der Waals surface area contributed by atoms with Gasteiger partial charge in [-0.05, 0) is 42.7 Å². The molecule has 36 heavy (non-hydrogen) atoms. The molecule has 1 aliphatic heterocycles. The Balaban J connectivity index is 1.68. The number of amides is 1. The lowest BCUT2D eigenvalue weighted by atomic mass is 9.96. The predicted octanol–water partition coefficient (Wildman–Crippen LogP) is 2.50.